The molecule has 0 saturated carbocycles. The van der Waals surface area contributed by atoms with Crippen molar-refractivity contribution in [2.24, 2.45) is 5.73 Å². The number of aromatic nitrogens is 3. The van der Waals surface area contributed by atoms with E-state index in [0.29, 0.717) is 0 Å². The minimum Gasteiger partial charge on any atom is -0.314 e. The van der Waals surface area contributed by atoms with E-state index in [1.807, 2.05) is 14.0 Å². The molecule has 62 valence electrons. The first-order valence-electron chi connectivity index (χ1n) is 3.54. The molecule has 1 aromatic heterocycles. The molecule has 0 spiro atoms. The van der Waals surface area contributed by atoms with Crippen molar-refractivity contribution in [1.82, 2.24) is 20.3 Å². The Balaban J connectivity index is 2.62. The fraction of sp³-hybridized carbons (Fsp3) is 0.667. The highest BCUT2D eigenvalue weighted by Gasteiger charge is 2.12. The molecular formula is C6H13N5. The van der Waals surface area contributed by atoms with Crippen molar-refractivity contribution in [1.29, 1.82) is 0 Å². The van der Waals surface area contributed by atoms with E-state index < -0.39 is 0 Å². The second kappa shape index (κ2) is 3.45. The van der Waals surface area contributed by atoms with Gasteiger partial charge in [0.05, 0.1) is 24.6 Å². The predicted molar refractivity (Wildman–Crippen MR) is 41.8 cm³/mol. The zero-order chi connectivity index (χ0) is 8.27. The van der Waals surface area contributed by atoms with Gasteiger partial charge in [-0.25, -0.2) is 0 Å². The summed E-state index contributed by atoms with van der Waals surface area (Å²) in [5.74, 6) is 0. The van der Waals surface area contributed by atoms with E-state index in [0.717, 1.165) is 0 Å². The Morgan fingerprint density at radius 3 is 2.45 bits per heavy atom. The van der Waals surface area contributed by atoms with Gasteiger partial charge in [-0.3, -0.25) is 0 Å². The average Bonchev–Trinajstić information content (AvgIpc) is 2.53. The van der Waals surface area contributed by atoms with Crippen LogP contribution in [0.15, 0.2) is 12.4 Å². The molecular weight excluding hydrogens is 142 g/mol. The maximum atomic E-state index is 5.70. The Labute approximate surface area is 65.6 Å². The first-order valence-corrected chi connectivity index (χ1v) is 3.54. The van der Waals surface area contributed by atoms with Crippen LogP contribution in [-0.2, 0) is 0 Å². The molecule has 0 saturated heterocycles. The first-order chi connectivity index (χ1) is 5.25. The van der Waals surface area contributed by atoms with Gasteiger partial charge in [0.15, 0.2) is 0 Å². The van der Waals surface area contributed by atoms with Gasteiger partial charge in [0, 0.05) is 0 Å². The van der Waals surface area contributed by atoms with Gasteiger partial charge in [-0.05, 0) is 14.0 Å². The number of hydrogen-bond acceptors (Lipinski definition) is 4. The molecule has 5 heteroatoms. The monoisotopic (exact) mass is 155 g/mol. The molecule has 5 nitrogen and oxygen atoms in total. The predicted octanol–water partition coefficient (Wildman–Crippen LogP) is -0.657. The standard InChI is InChI=1S/C6H13N5/c1-5(6(7)8-2)11-9-3-4-10-11/h3-6,8H,7H2,1-2H3/t5?,6-/m1/s1. The second-order valence-electron chi connectivity index (χ2n) is 2.40. The van der Waals surface area contributed by atoms with Crippen molar-refractivity contribution < 1.29 is 0 Å². The summed E-state index contributed by atoms with van der Waals surface area (Å²) in [4.78, 5) is 1.58. The zero-order valence-electron chi connectivity index (χ0n) is 6.73. The van der Waals surface area contributed by atoms with Crippen molar-refractivity contribution in [3.8, 4) is 0 Å². The molecule has 11 heavy (non-hydrogen) atoms. The van der Waals surface area contributed by atoms with Gasteiger partial charge in [-0.1, -0.05) is 0 Å². The molecule has 0 aromatic carbocycles. The van der Waals surface area contributed by atoms with E-state index in [1.54, 1.807) is 17.2 Å². The molecule has 1 rings (SSSR count). The van der Waals surface area contributed by atoms with Crippen LogP contribution in [0.4, 0.5) is 0 Å². The van der Waals surface area contributed by atoms with Crippen LogP contribution in [0.5, 0.6) is 0 Å². The highest BCUT2D eigenvalue weighted by molar-refractivity contribution is 4.70. The molecule has 1 unspecified atom stereocenters. The molecule has 1 aromatic rings. The fourth-order valence-corrected chi connectivity index (χ4v) is 0.821. The molecule has 3 N–H and O–H groups in total. The van der Waals surface area contributed by atoms with Gasteiger partial charge in [0.1, 0.15) is 0 Å². The van der Waals surface area contributed by atoms with E-state index >= 15 is 0 Å². The third-order valence-corrected chi connectivity index (χ3v) is 1.65. The quantitative estimate of drug-likeness (QED) is 0.569. The Morgan fingerprint density at radius 1 is 1.45 bits per heavy atom. The smallest absolute Gasteiger partial charge is 0.0970 e. The van der Waals surface area contributed by atoms with E-state index in [1.165, 1.54) is 0 Å². The summed E-state index contributed by atoms with van der Waals surface area (Å²) >= 11 is 0. The molecule has 0 aliphatic heterocycles. The summed E-state index contributed by atoms with van der Waals surface area (Å²) in [6.45, 7) is 1.96. The molecule has 0 aliphatic carbocycles. The van der Waals surface area contributed by atoms with Gasteiger partial charge in [-0.15, -0.1) is 0 Å². The Bertz CT molecular complexity index is 195. The van der Waals surface area contributed by atoms with Crippen molar-refractivity contribution in [2.45, 2.75) is 19.1 Å². The lowest BCUT2D eigenvalue weighted by atomic mass is 10.3. The maximum absolute atomic E-state index is 5.70. The van der Waals surface area contributed by atoms with Crippen LogP contribution in [0, 0.1) is 0 Å². The lowest BCUT2D eigenvalue weighted by Gasteiger charge is -2.17. The summed E-state index contributed by atoms with van der Waals surface area (Å²) in [6, 6.07) is 0.0787. The Morgan fingerprint density at radius 2 is 2.00 bits per heavy atom. The van der Waals surface area contributed by atoms with Crippen molar-refractivity contribution >= 4 is 0 Å². The molecule has 0 aliphatic rings. The summed E-state index contributed by atoms with van der Waals surface area (Å²) < 4.78 is 0. The molecule has 0 radical (unpaired) electrons. The molecule has 0 amide bonds. The van der Waals surface area contributed by atoms with E-state index in [2.05, 4.69) is 15.5 Å². The van der Waals surface area contributed by atoms with Crippen LogP contribution in [0.1, 0.15) is 13.0 Å². The SMILES string of the molecule is CN[C@@H](N)C(C)n1nccn1. The Hall–Kier alpha value is -0.940. The van der Waals surface area contributed by atoms with E-state index in [9.17, 15) is 0 Å². The topological polar surface area (TPSA) is 68.8 Å². The maximum Gasteiger partial charge on any atom is 0.0970 e. The normalized spacial score (nSPS) is 16.3. The van der Waals surface area contributed by atoms with Gasteiger partial charge >= 0.3 is 0 Å². The van der Waals surface area contributed by atoms with E-state index in [-0.39, 0.29) is 12.2 Å². The van der Waals surface area contributed by atoms with Crippen molar-refractivity contribution in [2.75, 3.05) is 7.05 Å². The minimum absolute atomic E-state index is 0.0787. The number of nitrogens with one attached hydrogen (secondary N) is 1. The molecule has 0 bridgehead atoms. The third kappa shape index (κ3) is 1.75. The van der Waals surface area contributed by atoms with Gasteiger partial charge in [0.25, 0.3) is 0 Å². The van der Waals surface area contributed by atoms with Crippen LogP contribution in [0.25, 0.3) is 0 Å². The average molecular weight is 155 g/mol. The second-order valence-corrected chi connectivity index (χ2v) is 2.40. The highest BCUT2D eigenvalue weighted by atomic mass is 15.5. The summed E-state index contributed by atoms with van der Waals surface area (Å²) in [6.07, 6.45) is 3.17. The van der Waals surface area contributed by atoms with Crippen LogP contribution >= 0.6 is 0 Å². The first kappa shape index (κ1) is 8.16. The Kier molecular flexibility index (Phi) is 2.56. The molecule has 2 atom stereocenters. The zero-order valence-corrected chi connectivity index (χ0v) is 6.73. The fourth-order valence-electron chi connectivity index (χ4n) is 0.821. The molecule has 1 heterocycles. The third-order valence-electron chi connectivity index (χ3n) is 1.65. The van der Waals surface area contributed by atoms with Crippen molar-refractivity contribution in [3.05, 3.63) is 12.4 Å². The van der Waals surface area contributed by atoms with Gasteiger partial charge in [0.2, 0.25) is 0 Å². The summed E-state index contributed by atoms with van der Waals surface area (Å²) in [7, 11) is 1.81. The van der Waals surface area contributed by atoms with Crippen LogP contribution in [0.3, 0.4) is 0 Å². The van der Waals surface area contributed by atoms with Gasteiger partial charge in [-0.2, -0.15) is 15.0 Å². The summed E-state index contributed by atoms with van der Waals surface area (Å²) in [5.41, 5.74) is 5.70. The van der Waals surface area contributed by atoms with Crippen LogP contribution in [-0.4, -0.2) is 28.2 Å². The number of rotatable bonds is 3. The number of nitrogens with two attached hydrogens (primary N) is 1. The number of nitrogens with zero attached hydrogens (tertiary/aromatic N) is 3. The summed E-state index contributed by atoms with van der Waals surface area (Å²) in [5, 5.41) is 10.9. The van der Waals surface area contributed by atoms with Crippen molar-refractivity contribution in [3.63, 3.8) is 0 Å². The largest absolute Gasteiger partial charge is 0.314 e. The lowest BCUT2D eigenvalue weighted by molar-refractivity contribution is 0.338. The van der Waals surface area contributed by atoms with Crippen LogP contribution in [0.2, 0.25) is 0 Å². The van der Waals surface area contributed by atoms with E-state index in [4.69, 9.17) is 5.73 Å². The number of hydrogen-bond donors (Lipinski definition) is 2. The molecule has 0 fully saturated rings. The lowest BCUT2D eigenvalue weighted by Crippen LogP contribution is -2.42. The highest BCUT2D eigenvalue weighted by Crippen LogP contribution is 2.01. The van der Waals surface area contributed by atoms with Gasteiger partial charge < -0.3 is 11.1 Å². The van der Waals surface area contributed by atoms with Crippen LogP contribution < -0.4 is 11.1 Å². The minimum atomic E-state index is -0.109. The number of likely N-dealkylation sites (N-methyl/N-ethyl adjacent to an activating group) is 1.